The van der Waals surface area contributed by atoms with E-state index in [2.05, 4.69) is 9.88 Å². The number of carbonyl (C=O) groups excluding carboxylic acids is 1. The van der Waals surface area contributed by atoms with Crippen LogP contribution in [0.25, 0.3) is 0 Å². The first-order chi connectivity index (χ1) is 8.16. The van der Waals surface area contributed by atoms with Crippen LogP contribution in [0.5, 0.6) is 5.88 Å². The molecule has 1 amide bonds. The molecular weight excluding hydrogens is 242 g/mol. The van der Waals surface area contributed by atoms with E-state index in [1.807, 2.05) is 7.05 Å². The molecule has 17 heavy (non-hydrogen) atoms. The van der Waals surface area contributed by atoms with Gasteiger partial charge in [0, 0.05) is 32.4 Å². The predicted octanol–water partition coefficient (Wildman–Crippen LogP) is 1.48. The van der Waals surface area contributed by atoms with Gasteiger partial charge in [0.05, 0.1) is 0 Å². The summed E-state index contributed by atoms with van der Waals surface area (Å²) in [7, 11) is 2.03. The third-order valence-electron chi connectivity index (χ3n) is 2.67. The fraction of sp³-hybridized carbons (Fsp3) is 0.455. The van der Waals surface area contributed by atoms with Crippen molar-refractivity contribution >= 4 is 17.7 Å². The summed E-state index contributed by atoms with van der Waals surface area (Å²) in [4.78, 5) is 19.6. The molecule has 1 fully saturated rings. The van der Waals surface area contributed by atoms with E-state index in [0.29, 0.717) is 18.1 Å². The van der Waals surface area contributed by atoms with Crippen LogP contribution in [0.2, 0.25) is 5.02 Å². The Morgan fingerprint density at radius 2 is 2.12 bits per heavy atom. The Morgan fingerprint density at radius 1 is 1.41 bits per heavy atom. The van der Waals surface area contributed by atoms with Crippen molar-refractivity contribution in [3.8, 4) is 5.88 Å². The highest BCUT2D eigenvalue weighted by atomic mass is 35.5. The summed E-state index contributed by atoms with van der Waals surface area (Å²) in [5.74, 6) is 0.165. The molecule has 0 radical (unpaired) electrons. The highest BCUT2D eigenvalue weighted by molar-refractivity contribution is 6.31. The van der Waals surface area contributed by atoms with Crippen molar-refractivity contribution in [3.05, 3.63) is 23.4 Å². The van der Waals surface area contributed by atoms with Crippen LogP contribution in [0.4, 0.5) is 4.79 Å². The number of hydrogen-bond acceptors (Lipinski definition) is 4. The van der Waals surface area contributed by atoms with Gasteiger partial charge in [-0.15, -0.1) is 0 Å². The largest absolute Gasteiger partial charge is 0.416 e. The SMILES string of the molecule is CN1CCN(C(=O)Oc2ncccc2Cl)CC1. The lowest BCUT2D eigenvalue weighted by atomic mass is 10.3. The van der Waals surface area contributed by atoms with Crippen molar-refractivity contribution in [1.29, 1.82) is 0 Å². The summed E-state index contributed by atoms with van der Waals surface area (Å²) >= 11 is 5.86. The van der Waals surface area contributed by atoms with E-state index in [0.717, 1.165) is 13.1 Å². The highest BCUT2D eigenvalue weighted by Gasteiger charge is 2.21. The first kappa shape index (κ1) is 12.1. The van der Waals surface area contributed by atoms with E-state index >= 15 is 0 Å². The second-order valence-electron chi connectivity index (χ2n) is 3.95. The van der Waals surface area contributed by atoms with Gasteiger partial charge < -0.3 is 14.5 Å². The summed E-state index contributed by atoms with van der Waals surface area (Å²) in [6.07, 6.45) is 1.15. The van der Waals surface area contributed by atoms with Gasteiger partial charge in [0.25, 0.3) is 0 Å². The van der Waals surface area contributed by atoms with Crippen molar-refractivity contribution < 1.29 is 9.53 Å². The topological polar surface area (TPSA) is 45.7 Å². The Morgan fingerprint density at radius 3 is 2.76 bits per heavy atom. The number of halogens is 1. The van der Waals surface area contributed by atoms with Gasteiger partial charge in [-0.1, -0.05) is 11.6 Å². The second kappa shape index (κ2) is 5.33. The average Bonchev–Trinajstić information content (AvgIpc) is 2.33. The van der Waals surface area contributed by atoms with E-state index < -0.39 is 6.09 Å². The van der Waals surface area contributed by atoms with Gasteiger partial charge in [-0.3, -0.25) is 0 Å². The highest BCUT2D eigenvalue weighted by Crippen LogP contribution is 2.20. The lowest BCUT2D eigenvalue weighted by molar-refractivity contribution is 0.119. The van der Waals surface area contributed by atoms with Gasteiger partial charge in [0.15, 0.2) is 0 Å². The van der Waals surface area contributed by atoms with E-state index in [1.165, 1.54) is 0 Å². The number of rotatable bonds is 1. The zero-order valence-corrected chi connectivity index (χ0v) is 10.4. The van der Waals surface area contributed by atoms with Crippen LogP contribution < -0.4 is 4.74 Å². The van der Waals surface area contributed by atoms with Crippen LogP contribution in [-0.4, -0.2) is 54.1 Å². The monoisotopic (exact) mass is 255 g/mol. The van der Waals surface area contributed by atoms with E-state index in [9.17, 15) is 4.79 Å². The average molecular weight is 256 g/mol. The minimum Gasteiger partial charge on any atom is -0.389 e. The van der Waals surface area contributed by atoms with Gasteiger partial charge in [-0.2, -0.15) is 0 Å². The van der Waals surface area contributed by atoms with Gasteiger partial charge in [0.2, 0.25) is 5.88 Å². The van der Waals surface area contributed by atoms with Gasteiger partial charge >= 0.3 is 6.09 Å². The number of hydrogen-bond donors (Lipinski definition) is 0. The van der Waals surface area contributed by atoms with Crippen LogP contribution in [0.15, 0.2) is 18.3 Å². The molecule has 2 heterocycles. The fourth-order valence-corrected chi connectivity index (χ4v) is 1.74. The number of aromatic nitrogens is 1. The maximum absolute atomic E-state index is 11.8. The third kappa shape index (κ3) is 3.08. The van der Waals surface area contributed by atoms with Crippen LogP contribution in [0.3, 0.4) is 0 Å². The van der Waals surface area contributed by atoms with Crippen LogP contribution >= 0.6 is 11.6 Å². The lowest BCUT2D eigenvalue weighted by Crippen LogP contribution is -2.48. The number of amides is 1. The van der Waals surface area contributed by atoms with E-state index in [-0.39, 0.29) is 5.88 Å². The molecule has 1 saturated heterocycles. The smallest absolute Gasteiger partial charge is 0.389 e. The molecule has 6 heteroatoms. The molecule has 0 spiro atoms. The Bertz CT molecular complexity index is 405. The number of likely N-dealkylation sites (N-methyl/N-ethyl adjacent to an activating group) is 1. The molecule has 1 aliphatic heterocycles. The first-order valence-electron chi connectivity index (χ1n) is 5.42. The minimum absolute atomic E-state index is 0.165. The summed E-state index contributed by atoms with van der Waals surface area (Å²) in [6.45, 7) is 3.04. The van der Waals surface area contributed by atoms with Crippen molar-refractivity contribution in [2.24, 2.45) is 0 Å². The normalized spacial score (nSPS) is 16.9. The molecule has 1 aliphatic rings. The molecule has 0 aromatic carbocycles. The van der Waals surface area contributed by atoms with E-state index in [1.54, 1.807) is 23.2 Å². The number of ether oxygens (including phenoxy) is 1. The van der Waals surface area contributed by atoms with Crippen molar-refractivity contribution in [2.75, 3.05) is 33.2 Å². The molecular formula is C11H14ClN3O2. The zero-order valence-electron chi connectivity index (χ0n) is 9.60. The third-order valence-corrected chi connectivity index (χ3v) is 2.96. The molecule has 0 aliphatic carbocycles. The quantitative estimate of drug-likeness (QED) is 0.763. The summed E-state index contributed by atoms with van der Waals surface area (Å²) in [5, 5.41) is 0.343. The molecule has 0 saturated carbocycles. The van der Waals surface area contributed by atoms with Crippen molar-refractivity contribution in [3.63, 3.8) is 0 Å². The number of carbonyl (C=O) groups is 1. The molecule has 1 aromatic heterocycles. The van der Waals surface area contributed by atoms with E-state index in [4.69, 9.17) is 16.3 Å². The molecule has 1 aromatic rings. The molecule has 5 nitrogen and oxygen atoms in total. The van der Waals surface area contributed by atoms with Crippen LogP contribution in [0, 0.1) is 0 Å². The Kier molecular flexibility index (Phi) is 3.81. The maximum Gasteiger partial charge on any atom is 0.416 e. The number of pyridine rings is 1. The summed E-state index contributed by atoms with van der Waals surface area (Å²) < 4.78 is 5.15. The van der Waals surface area contributed by atoms with Crippen molar-refractivity contribution in [1.82, 2.24) is 14.8 Å². The van der Waals surface area contributed by atoms with Crippen molar-refractivity contribution in [2.45, 2.75) is 0 Å². The molecule has 0 bridgehead atoms. The maximum atomic E-state index is 11.8. The lowest BCUT2D eigenvalue weighted by Gasteiger charge is -2.31. The molecule has 0 N–H and O–H groups in total. The molecule has 0 atom stereocenters. The standard InChI is InChI=1S/C11H14ClN3O2/c1-14-5-7-15(8-6-14)11(16)17-10-9(12)3-2-4-13-10/h2-4H,5-8H2,1H3. The van der Waals surface area contributed by atoms with Crippen LogP contribution in [0.1, 0.15) is 0 Å². The molecule has 92 valence electrons. The van der Waals surface area contributed by atoms with Crippen LogP contribution in [-0.2, 0) is 0 Å². The zero-order chi connectivity index (χ0) is 12.3. The predicted molar refractivity (Wildman–Crippen MR) is 64.3 cm³/mol. The van der Waals surface area contributed by atoms with Gasteiger partial charge in [0.1, 0.15) is 5.02 Å². The van der Waals surface area contributed by atoms with Gasteiger partial charge in [-0.05, 0) is 19.2 Å². The molecule has 2 rings (SSSR count). The van der Waals surface area contributed by atoms with Gasteiger partial charge in [-0.25, -0.2) is 9.78 Å². The summed E-state index contributed by atoms with van der Waals surface area (Å²) in [6, 6.07) is 3.33. The molecule has 0 unspecified atom stereocenters. The Hall–Kier alpha value is -1.33. The Labute approximate surface area is 105 Å². The first-order valence-corrected chi connectivity index (χ1v) is 5.80. The second-order valence-corrected chi connectivity index (χ2v) is 4.36. The number of nitrogens with zero attached hydrogens (tertiary/aromatic N) is 3. The Balaban J connectivity index is 1.95. The fourth-order valence-electron chi connectivity index (χ4n) is 1.58. The number of piperazine rings is 1. The summed E-state index contributed by atoms with van der Waals surface area (Å²) in [5.41, 5.74) is 0. The minimum atomic E-state index is -0.390.